The van der Waals surface area contributed by atoms with Crippen LogP contribution in [0.1, 0.15) is 349 Å². The molecule has 0 radical (unpaired) electrons. The summed E-state index contributed by atoms with van der Waals surface area (Å²) in [5.41, 5.74) is 27.7. The van der Waals surface area contributed by atoms with Crippen molar-refractivity contribution in [2.24, 2.45) is 21.6 Å². The van der Waals surface area contributed by atoms with Crippen molar-refractivity contribution in [1.82, 2.24) is 39.8 Å². The number of benzene rings is 6. The molecular weight excluding hydrogens is 1860 g/mol. The molecule has 6 aliphatic rings. The molecule has 40 heteroatoms. The summed E-state index contributed by atoms with van der Waals surface area (Å²) in [6, 6.07) is 29.2. The number of H-pyrrole nitrogens is 1. The number of carboxylic acids is 1. The molecule has 0 saturated heterocycles. The van der Waals surface area contributed by atoms with Gasteiger partial charge in [-0.05, 0) is 398 Å². The number of hydrogen-bond acceptors (Lipinski definition) is 29. The summed E-state index contributed by atoms with van der Waals surface area (Å²) in [7, 11) is 2.71. The van der Waals surface area contributed by atoms with Crippen molar-refractivity contribution in [3.05, 3.63) is 219 Å². The van der Waals surface area contributed by atoms with Crippen molar-refractivity contribution in [3.63, 3.8) is 0 Å². The lowest BCUT2D eigenvalue weighted by Crippen LogP contribution is -2.45. The molecule has 0 unspecified atom stereocenters. The number of fused-ring (bicyclic) bond motifs is 6. The van der Waals surface area contributed by atoms with E-state index in [0.717, 1.165) is 101 Å². The molecule has 1 aromatic heterocycles. The third-order valence-corrected chi connectivity index (χ3v) is 21.6. The highest BCUT2D eigenvalue weighted by molar-refractivity contribution is 5.96. The second kappa shape index (κ2) is 47.1. The molecule has 13 rings (SSSR count). The van der Waals surface area contributed by atoms with Gasteiger partial charge in [-0.15, -0.1) is 12.4 Å². The number of esters is 2. The number of aromatic carboxylic acids is 1. The standard InChI is InChI=1S/C21H29NO6.C20H26N4O5.C20H26N2O5.C20H27NO6.C11H13NO2.C10H11N5O.ClH/c1-20(2,3)27-18(24)22(19(25)28-21(4,5)6)16-11-9-13-12-14(17(23)26-7)8-10-15(13)16;1-19(2,3)28-17(26)24(18(27)29-20(4,5)6)15-10-8-12-11-13(7-9-14(12)15)16(25)22-23-21;1-19(2,3)26-17(24)22(18(25)27-20(4,5)6)16-10-7-13-11-14(21-12-23)8-9-15(13)16;1-19(2,3)26-17(24)21(18(25)27-20(4,5)6)15-10-8-12-11-13(16(22)23)7-9-14(12)15;1-14-11(13)8-2-4-9-7(6-8)3-5-10(9)12;11-9-4-1-6-5-7(2-3-8(6)9)15-10(16)12-13-14-15;/h8,10,12,16H,9,11H2,1-7H3;7,9,11,15H,8,10H2,1-6H3;8-9,11,16H,7,10H2,1-6H3;7,9,11,15H,8,10H2,1-6H3,(H,22,23);2,4,6,10H,3,5,12H2,1H3;2-3,5,9H,1,4,11H2,(H,12,14,16);1H/t16-;15-;16-;15-;10-;9-;/m000000./s1. The molecule has 0 bridgehead atoms. The summed E-state index contributed by atoms with van der Waals surface area (Å²) >= 11 is 0. The number of imide groups is 4. The average Bonchev–Trinajstić information content (AvgIpc) is 1.64. The van der Waals surface area contributed by atoms with Crippen molar-refractivity contribution >= 4 is 96.7 Å². The fraction of sp³-hybridized carbons (Fsp3) is 0.510. The second-order valence-corrected chi connectivity index (χ2v) is 42.2. The topological polar surface area (TPSA) is 524 Å². The van der Waals surface area contributed by atoms with Crippen LogP contribution in [0.3, 0.4) is 0 Å². The van der Waals surface area contributed by atoms with E-state index in [-0.39, 0.29) is 47.3 Å². The molecule has 0 aliphatic heterocycles. The maximum absolute atomic E-state index is 12.8. The maximum atomic E-state index is 12.8. The van der Waals surface area contributed by atoms with Crippen LogP contribution in [0.2, 0.25) is 0 Å². The molecule has 6 atom stereocenters. The van der Waals surface area contributed by atoms with Gasteiger partial charge in [-0.25, -0.2) is 87.0 Å². The molecule has 0 spiro atoms. The highest BCUT2D eigenvalue weighted by Gasteiger charge is 2.46. The first-order chi connectivity index (χ1) is 65.3. The summed E-state index contributed by atoms with van der Waals surface area (Å²) in [6.07, 6.45) is 3.60. The Bertz CT molecular complexity index is 5770. The Balaban J connectivity index is 0.000000234. The minimum absolute atomic E-state index is 0. The number of aromatic amines is 1. The van der Waals surface area contributed by atoms with E-state index in [1.807, 2.05) is 30.3 Å². The number of carboxylic acid groups (broad SMARTS) is 1. The van der Waals surface area contributed by atoms with Crippen molar-refractivity contribution in [1.29, 1.82) is 0 Å². The molecule has 0 saturated carbocycles. The number of carbonyl (C=O) groups excluding carboxylic acids is 12. The zero-order chi connectivity index (χ0) is 105. The lowest BCUT2D eigenvalue weighted by Gasteiger charge is -2.32. The van der Waals surface area contributed by atoms with Gasteiger partial charge in [-0.1, -0.05) is 42.5 Å². The van der Waals surface area contributed by atoms with Crippen molar-refractivity contribution in [3.8, 4) is 5.69 Å². The number of nitrogens with two attached hydrogens (primary N) is 2. The summed E-state index contributed by atoms with van der Waals surface area (Å²) in [4.78, 5) is 180. The van der Waals surface area contributed by atoms with Crippen molar-refractivity contribution in [2.75, 3.05) is 14.2 Å². The van der Waals surface area contributed by atoms with Crippen LogP contribution in [0.15, 0.2) is 124 Å². The molecular formula is C102H133ClN14O25. The van der Waals surface area contributed by atoms with Gasteiger partial charge in [0.2, 0.25) is 12.0 Å². The van der Waals surface area contributed by atoms with Crippen LogP contribution >= 0.6 is 12.4 Å². The minimum Gasteiger partial charge on any atom is -0.478 e. The summed E-state index contributed by atoms with van der Waals surface area (Å²) in [5, 5.41) is 21.7. The molecule has 0 fully saturated rings. The zero-order valence-electron chi connectivity index (χ0n) is 85.6. The number of methoxy groups -OCH3 is 2. The van der Waals surface area contributed by atoms with Gasteiger partial charge in [0.1, 0.15) is 44.8 Å². The average molecular weight is 1990 g/mol. The van der Waals surface area contributed by atoms with Gasteiger partial charge in [0.05, 0.1) is 66.5 Å². The van der Waals surface area contributed by atoms with E-state index >= 15 is 0 Å². The number of aliphatic imine (C=N–C) groups is 1. The number of carbonyl (C=O) groups is 12. The van der Waals surface area contributed by atoms with E-state index in [1.165, 1.54) is 53.8 Å². The third-order valence-electron chi connectivity index (χ3n) is 21.6. The zero-order valence-corrected chi connectivity index (χ0v) is 86.4. The number of rotatable bonds is 10. The molecule has 7 aromatic rings. The highest BCUT2D eigenvalue weighted by atomic mass is 35.5. The van der Waals surface area contributed by atoms with Crippen LogP contribution in [0, 0.1) is 0 Å². The predicted molar refractivity (Wildman–Crippen MR) is 524 cm³/mol. The van der Waals surface area contributed by atoms with Crippen LogP contribution in [0.5, 0.6) is 0 Å². The molecule has 9 amide bonds. The van der Waals surface area contributed by atoms with Gasteiger partial charge < -0.3 is 63.9 Å². The Morgan fingerprint density at radius 1 is 0.394 bits per heavy atom. The number of ether oxygens (including phenoxy) is 10. The normalized spacial score (nSPS) is 16.6. The van der Waals surface area contributed by atoms with Crippen molar-refractivity contribution < 1.29 is 115 Å². The first-order valence-electron chi connectivity index (χ1n) is 46.2. The number of tetrazole rings is 1. The molecule has 768 valence electrons. The highest BCUT2D eigenvalue weighted by Crippen LogP contribution is 2.44. The summed E-state index contributed by atoms with van der Waals surface area (Å²) in [6.45, 7) is 41.5. The number of hydrogen-bond donors (Lipinski definition) is 4. The second-order valence-electron chi connectivity index (χ2n) is 42.2. The number of nitrogens with one attached hydrogen (secondary N) is 1. The van der Waals surface area contributed by atoms with Gasteiger partial charge >= 0.3 is 72.3 Å². The Kier molecular flexibility index (Phi) is 38.2. The number of aromatic nitrogens is 4. The Morgan fingerprint density at radius 3 is 0.944 bits per heavy atom. The number of amides is 9. The van der Waals surface area contributed by atoms with Crippen LogP contribution in [0.4, 0.5) is 44.0 Å². The van der Waals surface area contributed by atoms with Gasteiger partial charge in [0.25, 0.3) is 0 Å². The maximum Gasteiger partial charge on any atom is 0.420 e. The SMILES string of the molecule is CC(C)(C)OC(=O)N(C(=O)OC(C)(C)C)[C@H]1CCc2cc(C(=O)N=[N+]=[N-])ccc21.CC(C)(C)OC(=O)N(C(=O)OC(C)(C)C)[C@H]1CCc2cc(C(=O)O)ccc21.CC(C)(C)OC(=O)N(C(=O)OC(C)(C)C)[C@H]1CCc2cc(N=C=O)ccc21.COC(=O)c1ccc2c(c1)CC[C@@H]2N.COC(=O)c1ccc2c(c1)CC[C@@H]2N(C(=O)OC(C)(C)C)C(=O)OC(C)(C)C.Cl.N[C@H]1CCc2cc(-n3nn[nH]c3=O)ccc21. The largest absolute Gasteiger partial charge is 0.478 e. The molecule has 39 nitrogen and oxygen atoms in total. The molecule has 6 aromatic carbocycles. The van der Waals surface area contributed by atoms with Gasteiger partial charge in [-0.3, -0.25) is 4.79 Å². The van der Waals surface area contributed by atoms with Crippen LogP contribution < -0.4 is 17.2 Å². The fourth-order valence-electron chi connectivity index (χ4n) is 16.0. The molecule has 1 heterocycles. The Morgan fingerprint density at radius 2 is 0.655 bits per heavy atom. The van der Waals surface area contributed by atoms with E-state index in [1.54, 1.807) is 233 Å². The quantitative estimate of drug-likeness (QED) is 0.0188. The van der Waals surface area contributed by atoms with Gasteiger partial charge in [0, 0.05) is 22.6 Å². The smallest absolute Gasteiger partial charge is 0.420 e. The minimum atomic E-state index is -1.02. The van der Waals surface area contributed by atoms with E-state index in [0.29, 0.717) is 68.2 Å². The number of halogens is 1. The molecule has 6 aliphatic carbocycles. The predicted octanol–water partition coefficient (Wildman–Crippen LogP) is 21.0. The van der Waals surface area contributed by atoms with E-state index in [9.17, 15) is 67.1 Å². The number of azide groups is 1. The molecule has 6 N–H and O–H groups in total. The van der Waals surface area contributed by atoms with Gasteiger partial charge in [-0.2, -0.15) is 9.67 Å². The number of isocyanates is 1. The lowest BCUT2D eigenvalue weighted by molar-refractivity contribution is -0.00965. The lowest BCUT2D eigenvalue weighted by atomic mass is 10.0. The first-order valence-corrected chi connectivity index (χ1v) is 46.2. The Labute approximate surface area is 832 Å². The van der Waals surface area contributed by atoms with E-state index < -0.39 is 136 Å². The monoisotopic (exact) mass is 1990 g/mol. The molecule has 142 heavy (non-hydrogen) atoms. The summed E-state index contributed by atoms with van der Waals surface area (Å²) < 4.78 is 54.1. The van der Waals surface area contributed by atoms with Crippen LogP contribution in [0.25, 0.3) is 16.1 Å². The van der Waals surface area contributed by atoms with Crippen molar-refractivity contribution in [2.45, 2.75) is 324 Å². The number of nitrogens with zero attached hydrogens (tertiary/aromatic N) is 11. The third kappa shape index (κ3) is 32.6. The fourth-order valence-corrected chi connectivity index (χ4v) is 16.0. The number of aryl methyl sites for hydroxylation is 6. The summed E-state index contributed by atoms with van der Waals surface area (Å²) in [5.74, 6) is -2.41. The van der Waals surface area contributed by atoms with Crippen LogP contribution in [-0.2, 0) is 90.7 Å². The van der Waals surface area contributed by atoms with Crippen LogP contribution in [-0.4, -0.2) is 183 Å². The van der Waals surface area contributed by atoms with E-state index in [2.05, 4.69) is 35.3 Å². The Hall–Kier alpha value is -13.9. The van der Waals surface area contributed by atoms with E-state index in [4.69, 9.17) is 64.7 Å². The first kappa shape index (κ1) is 115. The van der Waals surface area contributed by atoms with Gasteiger partial charge in [0.15, 0.2) is 0 Å².